The van der Waals surface area contributed by atoms with Crippen LogP contribution in [0.5, 0.6) is 0 Å². The van der Waals surface area contributed by atoms with Crippen molar-refractivity contribution in [1.82, 2.24) is 0 Å². The van der Waals surface area contributed by atoms with Crippen LogP contribution in [-0.2, 0) is 13.6 Å². The summed E-state index contributed by atoms with van der Waals surface area (Å²) in [6.45, 7) is 10.8. The van der Waals surface area contributed by atoms with E-state index in [0.717, 1.165) is 38.7 Å². The van der Waals surface area contributed by atoms with Crippen molar-refractivity contribution in [3.8, 4) is 0 Å². The maximum absolute atomic E-state index is 6.41. The van der Waals surface area contributed by atoms with Crippen LogP contribution in [0, 0.1) is 0 Å². The first-order valence-corrected chi connectivity index (χ1v) is 11.6. The molecule has 4 heteroatoms. The Morgan fingerprint density at radius 1 is 0.818 bits per heavy atom. The van der Waals surface area contributed by atoms with E-state index in [9.17, 15) is 0 Å². The van der Waals surface area contributed by atoms with Crippen LogP contribution in [-0.4, -0.2) is 33.6 Å². The molecule has 0 spiro atoms. The van der Waals surface area contributed by atoms with Gasteiger partial charge in [-0.25, -0.2) is 0 Å². The van der Waals surface area contributed by atoms with Crippen molar-refractivity contribution in [2.75, 3.05) is 19.8 Å². The highest BCUT2D eigenvalue weighted by Gasteiger charge is 2.59. The van der Waals surface area contributed by atoms with E-state index in [0.29, 0.717) is 0 Å². The summed E-state index contributed by atoms with van der Waals surface area (Å²) in [6, 6.07) is 1.10. The largest absolute Gasteiger partial charge is 0.393 e. The van der Waals surface area contributed by atoms with Gasteiger partial charge in [0.1, 0.15) is 5.22 Å². The Morgan fingerprint density at radius 2 is 1.50 bits per heavy atom. The lowest BCUT2D eigenvalue weighted by molar-refractivity contribution is -0.0468. The lowest BCUT2D eigenvalue weighted by Crippen LogP contribution is -2.66. The van der Waals surface area contributed by atoms with Gasteiger partial charge in [-0.15, -0.1) is 0 Å². The Morgan fingerprint density at radius 3 is 2.09 bits per heavy atom. The van der Waals surface area contributed by atoms with Gasteiger partial charge in [0.05, 0.1) is 0 Å². The molecule has 0 N–H and O–H groups in total. The van der Waals surface area contributed by atoms with Gasteiger partial charge in [0.15, 0.2) is 0 Å². The SMILES string of the molecule is CCCCCCCC1(OCC)CCCC[Si]1(OCC)OCC. The Bertz CT molecular complexity index is 270. The first-order chi connectivity index (χ1) is 10.7. The molecule has 0 bridgehead atoms. The molecule has 0 aromatic rings. The van der Waals surface area contributed by atoms with Gasteiger partial charge in [0.2, 0.25) is 0 Å². The van der Waals surface area contributed by atoms with Crippen LogP contribution < -0.4 is 0 Å². The van der Waals surface area contributed by atoms with E-state index in [1.807, 2.05) is 0 Å². The predicted octanol–water partition coefficient (Wildman–Crippen LogP) is 5.36. The van der Waals surface area contributed by atoms with Crippen molar-refractivity contribution in [3.05, 3.63) is 0 Å². The van der Waals surface area contributed by atoms with Crippen molar-refractivity contribution in [2.24, 2.45) is 0 Å². The molecule has 0 aromatic carbocycles. The zero-order chi connectivity index (χ0) is 16.3. The van der Waals surface area contributed by atoms with Crippen LogP contribution in [0.1, 0.15) is 85.5 Å². The number of hydrogen-bond donors (Lipinski definition) is 0. The van der Waals surface area contributed by atoms with Crippen LogP contribution >= 0.6 is 0 Å². The minimum atomic E-state index is -2.27. The molecular weight excluding hydrogens is 292 g/mol. The molecule has 0 amide bonds. The summed E-state index contributed by atoms with van der Waals surface area (Å²) in [7, 11) is -2.27. The van der Waals surface area contributed by atoms with Crippen LogP contribution in [0.15, 0.2) is 0 Å². The van der Waals surface area contributed by atoms with Gasteiger partial charge in [0.25, 0.3) is 0 Å². The van der Waals surface area contributed by atoms with Crippen molar-refractivity contribution >= 4 is 8.56 Å². The molecule has 1 rings (SSSR count). The van der Waals surface area contributed by atoms with Gasteiger partial charge in [-0.3, -0.25) is 0 Å². The minimum Gasteiger partial charge on any atom is -0.393 e. The standard InChI is InChI=1S/C18H38O3Si/c1-5-9-10-11-12-15-18(19-6-2)16-13-14-17-22(18,20-7-3)21-8-4/h5-17H2,1-4H3. The van der Waals surface area contributed by atoms with Gasteiger partial charge >= 0.3 is 8.56 Å². The lowest BCUT2D eigenvalue weighted by Gasteiger charge is -2.49. The second-order valence-electron chi connectivity index (χ2n) is 6.42. The highest BCUT2D eigenvalue weighted by molar-refractivity contribution is 6.70. The summed E-state index contributed by atoms with van der Waals surface area (Å²) in [4.78, 5) is 0. The fourth-order valence-corrected chi connectivity index (χ4v) is 8.44. The zero-order valence-electron chi connectivity index (χ0n) is 15.4. The van der Waals surface area contributed by atoms with E-state index in [2.05, 4.69) is 27.7 Å². The van der Waals surface area contributed by atoms with E-state index in [4.69, 9.17) is 13.6 Å². The third-order valence-corrected chi connectivity index (χ3v) is 9.44. The van der Waals surface area contributed by atoms with E-state index in [-0.39, 0.29) is 5.22 Å². The summed E-state index contributed by atoms with van der Waals surface area (Å²) in [5.74, 6) is 0. The van der Waals surface area contributed by atoms with E-state index < -0.39 is 8.56 Å². The Kier molecular flexibility index (Phi) is 9.88. The first-order valence-electron chi connectivity index (χ1n) is 9.62. The lowest BCUT2D eigenvalue weighted by atomic mass is 10.0. The molecule has 1 saturated heterocycles. The second-order valence-corrected chi connectivity index (χ2v) is 9.91. The number of rotatable bonds is 12. The van der Waals surface area contributed by atoms with E-state index in [1.54, 1.807) is 0 Å². The number of ether oxygens (including phenoxy) is 1. The molecule has 132 valence electrons. The van der Waals surface area contributed by atoms with Crippen LogP contribution in [0.2, 0.25) is 6.04 Å². The van der Waals surface area contributed by atoms with Crippen LogP contribution in [0.4, 0.5) is 0 Å². The Hall–Kier alpha value is 0.0969. The maximum Gasteiger partial charge on any atom is 0.371 e. The number of hydrogen-bond acceptors (Lipinski definition) is 3. The quantitative estimate of drug-likeness (QED) is 0.356. The summed E-state index contributed by atoms with van der Waals surface area (Å²) in [6.07, 6.45) is 11.3. The molecule has 0 saturated carbocycles. The average Bonchev–Trinajstić information content (AvgIpc) is 2.51. The van der Waals surface area contributed by atoms with Crippen molar-refractivity contribution in [2.45, 2.75) is 96.8 Å². The Labute approximate surface area is 139 Å². The van der Waals surface area contributed by atoms with Crippen molar-refractivity contribution in [1.29, 1.82) is 0 Å². The maximum atomic E-state index is 6.41. The monoisotopic (exact) mass is 330 g/mol. The third-order valence-electron chi connectivity index (χ3n) is 4.89. The van der Waals surface area contributed by atoms with E-state index in [1.165, 1.54) is 44.9 Å². The third kappa shape index (κ3) is 5.05. The van der Waals surface area contributed by atoms with Gasteiger partial charge < -0.3 is 13.6 Å². The minimum absolute atomic E-state index is 0.113. The molecular formula is C18H38O3Si. The molecule has 1 unspecified atom stereocenters. The Balaban J connectivity index is 2.82. The smallest absolute Gasteiger partial charge is 0.371 e. The summed E-state index contributed by atoms with van der Waals surface area (Å²) in [5, 5.41) is -0.113. The van der Waals surface area contributed by atoms with Crippen LogP contribution in [0.3, 0.4) is 0 Å². The van der Waals surface area contributed by atoms with Crippen molar-refractivity contribution in [3.63, 3.8) is 0 Å². The van der Waals surface area contributed by atoms with E-state index >= 15 is 0 Å². The molecule has 1 fully saturated rings. The van der Waals surface area contributed by atoms with Gasteiger partial charge in [-0.05, 0) is 39.7 Å². The van der Waals surface area contributed by atoms with Gasteiger partial charge in [-0.1, -0.05) is 51.9 Å². The average molecular weight is 331 g/mol. The summed E-state index contributed by atoms with van der Waals surface area (Å²) < 4.78 is 19.1. The second kappa shape index (κ2) is 10.8. The molecule has 1 atom stereocenters. The van der Waals surface area contributed by atoms with Crippen molar-refractivity contribution < 1.29 is 13.6 Å². The van der Waals surface area contributed by atoms with Gasteiger partial charge in [0, 0.05) is 19.8 Å². The molecule has 22 heavy (non-hydrogen) atoms. The topological polar surface area (TPSA) is 27.7 Å². The predicted molar refractivity (Wildman–Crippen MR) is 95.4 cm³/mol. The molecule has 1 aliphatic rings. The summed E-state index contributed by atoms with van der Waals surface area (Å²) in [5.41, 5.74) is 0. The fourth-order valence-electron chi connectivity index (χ4n) is 3.96. The fraction of sp³-hybridized carbons (Fsp3) is 1.00. The highest BCUT2D eigenvalue weighted by Crippen LogP contribution is 2.44. The summed E-state index contributed by atoms with van der Waals surface area (Å²) >= 11 is 0. The molecule has 1 heterocycles. The number of unbranched alkanes of at least 4 members (excludes halogenated alkanes) is 4. The zero-order valence-corrected chi connectivity index (χ0v) is 16.4. The molecule has 1 aliphatic heterocycles. The molecule has 0 radical (unpaired) electrons. The normalized spacial score (nSPS) is 24.5. The molecule has 3 nitrogen and oxygen atoms in total. The first kappa shape index (κ1) is 20.1. The van der Waals surface area contributed by atoms with Crippen LogP contribution in [0.25, 0.3) is 0 Å². The molecule has 0 aromatic heterocycles. The molecule has 0 aliphatic carbocycles. The highest BCUT2D eigenvalue weighted by atomic mass is 28.4. The van der Waals surface area contributed by atoms with Gasteiger partial charge in [-0.2, -0.15) is 0 Å².